The average molecular weight is 376 g/mol. The molecule has 0 atom stereocenters. The number of anilines is 1. The third-order valence-corrected chi connectivity index (χ3v) is 3.95. The molecule has 3 heterocycles. The predicted octanol–water partition coefficient (Wildman–Crippen LogP) is 0.607. The summed E-state index contributed by atoms with van der Waals surface area (Å²) >= 11 is 0. The van der Waals surface area contributed by atoms with Crippen molar-refractivity contribution in [1.29, 1.82) is 0 Å². The van der Waals surface area contributed by atoms with Crippen molar-refractivity contribution in [3.8, 4) is 5.69 Å². The first-order valence-corrected chi connectivity index (χ1v) is 8.56. The van der Waals surface area contributed by atoms with Crippen LogP contribution in [0.1, 0.15) is 5.82 Å². The van der Waals surface area contributed by atoms with Gasteiger partial charge in [0, 0.05) is 19.2 Å². The summed E-state index contributed by atoms with van der Waals surface area (Å²) in [4.78, 5) is 25.4. The Morgan fingerprint density at radius 1 is 0.964 bits per heavy atom. The normalized spacial score (nSPS) is 10.7. The van der Waals surface area contributed by atoms with Crippen LogP contribution in [0.15, 0.2) is 60.9 Å². The molecule has 0 aliphatic rings. The average Bonchev–Trinajstić information content (AvgIpc) is 3.36. The van der Waals surface area contributed by atoms with E-state index in [1.165, 1.54) is 11.0 Å². The molecule has 3 aromatic heterocycles. The number of para-hydroxylation sites is 1. The van der Waals surface area contributed by atoms with E-state index in [0.29, 0.717) is 12.2 Å². The van der Waals surface area contributed by atoms with Gasteiger partial charge in [-0.15, -0.1) is 20.1 Å². The topological polar surface area (TPSA) is 119 Å². The van der Waals surface area contributed by atoms with Crippen LogP contribution >= 0.6 is 0 Å². The van der Waals surface area contributed by atoms with Gasteiger partial charge in [-0.05, 0) is 24.3 Å². The van der Waals surface area contributed by atoms with Crippen molar-refractivity contribution >= 4 is 23.3 Å². The van der Waals surface area contributed by atoms with Crippen molar-refractivity contribution in [2.75, 3.05) is 11.9 Å². The van der Waals surface area contributed by atoms with Crippen molar-refractivity contribution < 1.29 is 9.59 Å². The van der Waals surface area contributed by atoms with Gasteiger partial charge in [0.1, 0.15) is 5.82 Å². The Morgan fingerprint density at radius 2 is 1.79 bits per heavy atom. The summed E-state index contributed by atoms with van der Waals surface area (Å²) in [6.45, 7) is 0.249. The fourth-order valence-electron chi connectivity index (χ4n) is 2.61. The van der Waals surface area contributed by atoms with Gasteiger partial charge in [0.15, 0.2) is 11.5 Å². The van der Waals surface area contributed by atoms with Crippen molar-refractivity contribution in [3.63, 3.8) is 0 Å². The van der Waals surface area contributed by atoms with Gasteiger partial charge >= 0.3 is 11.8 Å². The van der Waals surface area contributed by atoms with E-state index in [1.54, 1.807) is 0 Å². The lowest BCUT2D eigenvalue weighted by Gasteiger charge is -2.04. The van der Waals surface area contributed by atoms with Crippen LogP contribution in [0.25, 0.3) is 11.3 Å². The molecule has 0 saturated carbocycles. The molecule has 0 spiro atoms. The van der Waals surface area contributed by atoms with Crippen molar-refractivity contribution in [2.45, 2.75) is 6.42 Å². The van der Waals surface area contributed by atoms with E-state index in [2.05, 4.69) is 31.0 Å². The molecular formula is C18H16N8O2. The molecule has 0 unspecified atom stereocenters. The second-order valence-corrected chi connectivity index (χ2v) is 5.86. The third kappa shape index (κ3) is 3.70. The summed E-state index contributed by atoms with van der Waals surface area (Å²) in [6, 6.07) is 14.8. The van der Waals surface area contributed by atoms with E-state index in [1.807, 2.05) is 59.1 Å². The zero-order valence-corrected chi connectivity index (χ0v) is 14.7. The number of aromatic nitrogens is 6. The number of nitrogens with one attached hydrogen (secondary N) is 2. The lowest BCUT2D eigenvalue weighted by atomic mass is 10.3. The SMILES string of the molecule is O=C(NCCc1nnc2ccccn12)C(=O)Nc1cnn(-c2ccccc2)n1. The maximum Gasteiger partial charge on any atom is 0.314 e. The Balaban J connectivity index is 1.30. The van der Waals surface area contributed by atoms with Crippen LogP contribution in [0.2, 0.25) is 0 Å². The molecule has 2 N–H and O–H groups in total. The number of carbonyl (C=O) groups is 2. The molecule has 2 amide bonds. The van der Waals surface area contributed by atoms with E-state index >= 15 is 0 Å². The number of rotatable bonds is 5. The molecule has 0 aliphatic heterocycles. The minimum absolute atomic E-state index is 0.187. The van der Waals surface area contributed by atoms with Gasteiger partial charge in [0.2, 0.25) is 0 Å². The minimum atomic E-state index is -0.814. The van der Waals surface area contributed by atoms with Gasteiger partial charge in [0.05, 0.1) is 11.9 Å². The predicted molar refractivity (Wildman–Crippen MR) is 99.7 cm³/mol. The number of pyridine rings is 1. The third-order valence-electron chi connectivity index (χ3n) is 3.95. The summed E-state index contributed by atoms with van der Waals surface area (Å²) in [5, 5.41) is 21.3. The second kappa shape index (κ2) is 7.66. The Morgan fingerprint density at radius 3 is 2.64 bits per heavy atom. The molecule has 10 nitrogen and oxygen atoms in total. The molecule has 4 aromatic rings. The Kier molecular flexibility index (Phi) is 4.74. The van der Waals surface area contributed by atoms with Crippen molar-refractivity contribution in [1.82, 2.24) is 34.9 Å². The number of hydrogen-bond acceptors (Lipinski definition) is 6. The van der Waals surface area contributed by atoms with Crippen LogP contribution in [0.5, 0.6) is 0 Å². The molecule has 10 heteroatoms. The van der Waals surface area contributed by atoms with Crippen LogP contribution in [-0.4, -0.2) is 48.0 Å². The van der Waals surface area contributed by atoms with Crippen LogP contribution in [0.4, 0.5) is 5.82 Å². The molecule has 0 bridgehead atoms. The highest BCUT2D eigenvalue weighted by molar-refractivity contribution is 6.39. The maximum absolute atomic E-state index is 12.0. The zero-order chi connectivity index (χ0) is 19.3. The van der Waals surface area contributed by atoms with Gasteiger partial charge in [-0.25, -0.2) is 0 Å². The Hall–Kier alpha value is -4.08. The number of fused-ring (bicyclic) bond motifs is 1. The molecule has 28 heavy (non-hydrogen) atoms. The van der Waals surface area contributed by atoms with E-state index in [9.17, 15) is 9.59 Å². The first-order valence-electron chi connectivity index (χ1n) is 8.56. The van der Waals surface area contributed by atoms with Gasteiger partial charge in [0.25, 0.3) is 0 Å². The van der Waals surface area contributed by atoms with Crippen LogP contribution in [0.3, 0.4) is 0 Å². The molecular weight excluding hydrogens is 360 g/mol. The van der Waals surface area contributed by atoms with Crippen LogP contribution in [0, 0.1) is 0 Å². The van der Waals surface area contributed by atoms with Crippen LogP contribution < -0.4 is 10.6 Å². The first-order chi connectivity index (χ1) is 13.7. The molecule has 140 valence electrons. The Labute approximate surface area is 159 Å². The van der Waals surface area contributed by atoms with Gasteiger partial charge < -0.3 is 5.32 Å². The van der Waals surface area contributed by atoms with Gasteiger partial charge in [-0.3, -0.25) is 19.3 Å². The number of carbonyl (C=O) groups excluding carboxylic acids is 2. The summed E-state index contributed by atoms with van der Waals surface area (Å²) < 4.78 is 1.83. The van der Waals surface area contributed by atoms with Crippen molar-refractivity contribution in [2.24, 2.45) is 0 Å². The van der Waals surface area contributed by atoms with E-state index < -0.39 is 11.8 Å². The molecule has 0 saturated heterocycles. The number of hydrogen-bond donors (Lipinski definition) is 2. The molecule has 0 aliphatic carbocycles. The molecule has 0 radical (unpaired) electrons. The quantitative estimate of drug-likeness (QED) is 0.493. The van der Waals surface area contributed by atoms with Gasteiger partial charge in [-0.1, -0.05) is 24.3 Å². The highest BCUT2D eigenvalue weighted by Crippen LogP contribution is 2.07. The highest BCUT2D eigenvalue weighted by atomic mass is 16.2. The Bertz CT molecular complexity index is 1120. The fourth-order valence-corrected chi connectivity index (χ4v) is 2.61. The van der Waals surface area contributed by atoms with E-state index in [0.717, 1.165) is 11.3 Å². The lowest BCUT2D eigenvalue weighted by Crippen LogP contribution is -2.36. The van der Waals surface area contributed by atoms with Crippen molar-refractivity contribution in [3.05, 3.63) is 66.7 Å². The first kappa shape index (κ1) is 17.3. The molecule has 1 aromatic carbocycles. The largest absolute Gasteiger partial charge is 0.347 e. The van der Waals surface area contributed by atoms with Gasteiger partial charge in [-0.2, -0.15) is 5.10 Å². The standard InChI is InChI=1S/C18H16N8O2/c27-17(19-10-9-16-23-22-15-8-4-5-11-25(15)16)18(28)21-14-12-20-26(24-14)13-6-2-1-3-7-13/h1-8,11-12H,9-10H2,(H,19,27)(H,21,24,28). The maximum atomic E-state index is 12.0. The lowest BCUT2D eigenvalue weighted by molar-refractivity contribution is -0.136. The van der Waals surface area contributed by atoms with E-state index in [-0.39, 0.29) is 12.4 Å². The summed E-state index contributed by atoms with van der Waals surface area (Å²) in [5.74, 6) is -0.691. The number of benzene rings is 1. The summed E-state index contributed by atoms with van der Waals surface area (Å²) in [6.07, 6.45) is 3.66. The fraction of sp³-hybridized carbons (Fsp3) is 0.111. The summed E-state index contributed by atoms with van der Waals surface area (Å²) in [7, 11) is 0. The molecule has 4 rings (SSSR count). The van der Waals surface area contributed by atoms with E-state index in [4.69, 9.17) is 0 Å². The number of nitrogens with zero attached hydrogens (tertiary/aromatic N) is 6. The molecule has 0 fully saturated rings. The summed E-state index contributed by atoms with van der Waals surface area (Å²) in [5.41, 5.74) is 1.47. The second-order valence-electron chi connectivity index (χ2n) is 5.86. The number of amides is 2. The zero-order valence-electron chi connectivity index (χ0n) is 14.7. The van der Waals surface area contributed by atoms with Crippen LogP contribution in [-0.2, 0) is 16.0 Å². The highest BCUT2D eigenvalue weighted by Gasteiger charge is 2.15. The monoisotopic (exact) mass is 376 g/mol. The smallest absolute Gasteiger partial charge is 0.314 e. The minimum Gasteiger partial charge on any atom is -0.347 e.